The molecule has 1 N–H and O–H groups in total. The van der Waals surface area contributed by atoms with E-state index in [0.717, 1.165) is 16.7 Å². The van der Waals surface area contributed by atoms with Gasteiger partial charge in [0, 0.05) is 32.7 Å². The van der Waals surface area contributed by atoms with Crippen molar-refractivity contribution >= 4 is 38.6 Å². The van der Waals surface area contributed by atoms with E-state index in [4.69, 9.17) is 31.1 Å². The minimum absolute atomic E-state index is 0.0402. The first-order valence-corrected chi connectivity index (χ1v) is 18.1. The molecule has 1 aliphatic rings. The van der Waals surface area contributed by atoms with Gasteiger partial charge in [-0.05, 0) is 72.0 Å². The number of pyridine rings is 2. The molecule has 2 heterocycles. The largest absolute Gasteiger partial charge is 0.497 e. The van der Waals surface area contributed by atoms with Crippen molar-refractivity contribution in [1.82, 2.24) is 19.2 Å². The predicted octanol–water partition coefficient (Wildman–Crippen LogP) is 5.35. The van der Waals surface area contributed by atoms with E-state index in [2.05, 4.69) is 10.3 Å². The van der Waals surface area contributed by atoms with Crippen LogP contribution in [0.1, 0.15) is 45.5 Å². The third-order valence-electron chi connectivity index (χ3n) is 9.11. The molecule has 5 aromatic rings. The molecule has 0 unspecified atom stereocenters. The Balaban J connectivity index is 1.25. The lowest BCUT2D eigenvalue weighted by Gasteiger charge is -2.28. The molecule has 0 bridgehead atoms. The molecule has 12 nitrogen and oxygen atoms in total. The zero-order valence-electron chi connectivity index (χ0n) is 28.8. The van der Waals surface area contributed by atoms with E-state index in [9.17, 15) is 18.0 Å². The summed E-state index contributed by atoms with van der Waals surface area (Å²) in [5.41, 5.74) is 2.54. The normalized spacial score (nSPS) is 13.4. The number of nitriles is 1. The number of benzene rings is 3. The third-order valence-corrected chi connectivity index (χ3v) is 11.9. The van der Waals surface area contributed by atoms with Gasteiger partial charge in [0.05, 0.1) is 31.4 Å². The van der Waals surface area contributed by atoms with Crippen LogP contribution in [0.5, 0.6) is 17.2 Å². The summed E-state index contributed by atoms with van der Waals surface area (Å²) >= 11 is 6.40. The van der Waals surface area contributed by atoms with E-state index in [1.165, 1.54) is 28.1 Å². The number of aromatic nitrogens is 2. The summed E-state index contributed by atoms with van der Waals surface area (Å²) in [5.74, 6) is 0.869. The Kier molecular flexibility index (Phi) is 10.5. The molecule has 0 saturated heterocycles. The second-order valence-electron chi connectivity index (χ2n) is 12.5. The van der Waals surface area contributed by atoms with E-state index < -0.39 is 26.2 Å². The molecular formula is C38H36ClN5O7S. The molecule has 1 amide bonds. The number of fused-ring (bicyclic) bond motifs is 1. The molecule has 14 heteroatoms. The number of nitrogens with one attached hydrogen (secondary N) is 1. The van der Waals surface area contributed by atoms with Crippen LogP contribution in [0.25, 0.3) is 11.0 Å². The fourth-order valence-electron chi connectivity index (χ4n) is 5.86. The van der Waals surface area contributed by atoms with E-state index in [0.29, 0.717) is 29.9 Å². The summed E-state index contributed by atoms with van der Waals surface area (Å²) in [6, 6.07) is 26.0. The maximum atomic E-state index is 14.5. The van der Waals surface area contributed by atoms with Crippen molar-refractivity contribution in [3.63, 3.8) is 0 Å². The first kappa shape index (κ1) is 36.4. The molecule has 0 atom stereocenters. The van der Waals surface area contributed by atoms with Gasteiger partial charge in [-0.1, -0.05) is 48.0 Å². The van der Waals surface area contributed by atoms with Crippen LogP contribution in [-0.2, 0) is 36.7 Å². The highest BCUT2D eigenvalue weighted by atomic mass is 35.5. The standard InChI is InChI=1S/C38H36ClN5O7S/c1-43-35-32(18-31(37(43)46)36(45)41-21-26-6-4-25(20-40)5-7-26)42-34(39)19-33(35)51-24-38(16-17-38)52(47,48)44(22-27-8-12-29(49-2)13-9-27)23-28-10-14-30(50-3)15-11-28/h4-15,18-19H,16-17,21-24H2,1-3H3,(H,41,45). The van der Waals surface area contributed by atoms with Crippen molar-refractivity contribution in [3.8, 4) is 23.3 Å². The van der Waals surface area contributed by atoms with Gasteiger partial charge in [0.25, 0.3) is 11.5 Å². The summed E-state index contributed by atoms with van der Waals surface area (Å²) in [4.78, 5) is 31.0. The summed E-state index contributed by atoms with van der Waals surface area (Å²) in [6.07, 6.45) is 0.743. The number of halogens is 1. The number of carbonyl (C=O) groups excluding carboxylic acids is 1. The fraction of sp³-hybridized carbons (Fsp3) is 0.263. The Labute approximate surface area is 306 Å². The summed E-state index contributed by atoms with van der Waals surface area (Å²) in [7, 11) is 0.664. The van der Waals surface area contributed by atoms with Crippen molar-refractivity contribution in [3.05, 3.63) is 128 Å². The number of hydrogen-bond donors (Lipinski definition) is 1. The van der Waals surface area contributed by atoms with Gasteiger partial charge < -0.3 is 24.1 Å². The van der Waals surface area contributed by atoms with E-state index in [1.54, 1.807) is 62.8 Å². The number of nitrogens with zero attached hydrogens (tertiary/aromatic N) is 4. The van der Waals surface area contributed by atoms with Gasteiger partial charge in [0.1, 0.15) is 44.8 Å². The zero-order chi connectivity index (χ0) is 37.0. The fourth-order valence-corrected chi connectivity index (χ4v) is 8.06. The molecule has 1 aliphatic carbocycles. The van der Waals surface area contributed by atoms with Gasteiger partial charge in [-0.15, -0.1) is 0 Å². The Morgan fingerprint density at radius 1 is 0.942 bits per heavy atom. The number of amides is 1. The minimum atomic E-state index is -3.96. The van der Waals surface area contributed by atoms with Crippen LogP contribution in [0.4, 0.5) is 0 Å². The SMILES string of the molecule is COc1ccc(CN(Cc2ccc(OC)cc2)S(=O)(=O)C2(COc3cc(Cl)nc4cc(C(=O)NCc5ccc(C#N)cc5)c(=O)n(C)c34)CC2)cc1. The van der Waals surface area contributed by atoms with Crippen molar-refractivity contribution in [2.24, 2.45) is 7.05 Å². The van der Waals surface area contributed by atoms with Gasteiger partial charge in [0.15, 0.2) is 0 Å². The lowest BCUT2D eigenvalue weighted by Crippen LogP contribution is -2.42. The number of carbonyl (C=O) groups is 1. The Morgan fingerprint density at radius 3 is 2.02 bits per heavy atom. The molecule has 3 aromatic carbocycles. The highest BCUT2D eigenvalue weighted by Crippen LogP contribution is 2.47. The van der Waals surface area contributed by atoms with Gasteiger partial charge in [-0.25, -0.2) is 13.4 Å². The van der Waals surface area contributed by atoms with Gasteiger partial charge in [-0.3, -0.25) is 9.59 Å². The van der Waals surface area contributed by atoms with Crippen molar-refractivity contribution < 1.29 is 27.4 Å². The molecule has 1 saturated carbocycles. The third kappa shape index (κ3) is 7.60. The lowest BCUT2D eigenvalue weighted by atomic mass is 10.1. The predicted molar refractivity (Wildman–Crippen MR) is 196 cm³/mol. The average Bonchev–Trinajstić information content (AvgIpc) is 3.96. The van der Waals surface area contributed by atoms with Crippen molar-refractivity contribution in [2.75, 3.05) is 20.8 Å². The van der Waals surface area contributed by atoms with Crippen molar-refractivity contribution in [2.45, 2.75) is 37.2 Å². The molecule has 268 valence electrons. The molecule has 52 heavy (non-hydrogen) atoms. The topological polar surface area (TPSA) is 153 Å². The minimum Gasteiger partial charge on any atom is -0.497 e. The van der Waals surface area contributed by atoms with E-state index >= 15 is 0 Å². The molecule has 0 spiro atoms. The first-order chi connectivity index (χ1) is 25.0. The van der Waals surface area contributed by atoms with Crippen LogP contribution in [0, 0.1) is 11.3 Å². The quantitative estimate of drug-likeness (QED) is 0.149. The Hall–Kier alpha value is -5.42. The first-order valence-electron chi connectivity index (χ1n) is 16.3. The van der Waals surface area contributed by atoms with E-state index in [1.807, 2.05) is 30.3 Å². The molecular weight excluding hydrogens is 706 g/mol. The van der Waals surface area contributed by atoms with Gasteiger partial charge in [0.2, 0.25) is 10.0 Å². The van der Waals surface area contributed by atoms with Crippen molar-refractivity contribution in [1.29, 1.82) is 5.26 Å². The Morgan fingerprint density at radius 2 is 1.50 bits per heavy atom. The maximum Gasteiger partial charge on any atom is 0.263 e. The van der Waals surface area contributed by atoms with Crippen LogP contribution in [0.2, 0.25) is 5.15 Å². The number of rotatable bonds is 14. The van der Waals surface area contributed by atoms with Crippen LogP contribution in [0.3, 0.4) is 0 Å². The maximum absolute atomic E-state index is 14.5. The second kappa shape index (κ2) is 15.1. The number of ether oxygens (including phenoxy) is 3. The molecule has 6 rings (SSSR count). The monoisotopic (exact) mass is 741 g/mol. The second-order valence-corrected chi connectivity index (χ2v) is 15.3. The zero-order valence-corrected chi connectivity index (χ0v) is 30.3. The van der Waals surface area contributed by atoms with Crippen LogP contribution in [-0.4, -0.2) is 53.8 Å². The highest BCUT2D eigenvalue weighted by molar-refractivity contribution is 7.90. The number of hydrogen-bond acceptors (Lipinski definition) is 9. The number of aryl methyl sites for hydroxylation is 1. The number of methoxy groups -OCH3 is 2. The molecule has 1 fully saturated rings. The van der Waals surface area contributed by atoms with E-state index in [-0.39, 0.29) is 53.7 Å². The average molecular weight is 742 g/mol. The number of sulfonamides is 1. The van der Waals surface area contributed by atoms with Gasteiger partial charge >= 0.3 is 0 Å². The summed E-state index contributed by atoms with van der Waals surface area (Å²) in [6.45, 7) is 0.171. The molecule has 2 aromatic heterocycles. The van der Waals surface area contributed by atoms with Crippen LogP contribution < -0.4 is 25.1 Å². The van der Waals surface area contributed by atoms with Gasteiger partial charge in [-0.2, -0.15) is 9.57 Å². The summed E-state index contributed by atoms with van der Waals surface area (Å²) < 4.78 is 47.3. The smallest absolute Gasteiger partial charge is 0.263 e. The molecule has 0 radical (unpaired) electrons. The molecule has 0 aliphatic heterocycles. The van der Waals surface area contributed by atoms with Crippen LogP contribution >= 0.6 is 11.6 Å². The summed E-state index contributed by atoms with van der Waals surface area (Å²) in [5, 5.41) is 11.8. The highest BCUT2D eigenvalue weighted by Gasteiger charge is 2.57. The lowest BCUT2D eigenvalue weighted by molar-refractivity contribution is 0.0949. The Bertz CT molecular complexity index is 2270. The van der Waals surface area contributed by atoms with Crippen LogP contribution in [0.15, 0.2) is 89.7 Å².